The third kappa shape index (κ3) is 3.02. The van der Waals surface area contributed by atoms with E-state index in [-0.39, 0.29) is 11.1 Å². The number of aryl methyl sites for hydroxylation is 1. The van der Waals surface area contributed by atoms with E-state index in [0.717, 1.165) is 26.1 Å². The zero-order valence-corrected chi connectivity index (χ0v) is 19.7. The molecule has 158 valence electrons. The number of fused-ring (bicyclic) bond motifs is 4. The van der Waals surface area contributed by atoms with Crippen LogP contribution in [0.15, 0.2) is 47.3 Å². The van der Waals surface area contributed by atoms with Crippen molar-refractivity contribution < 1.29 is 0 Å². The molecular weight excluding hydrogens is 402 g/mol. The van der Waals surface area contributed by atoms with E-state index in [1.165, 1.54) is 33.7 Å². The van der Waals surface area contributed by atoms with Crippen LogP contribution in [0.25, 0.3) is 27.6 Å². The first kappa shape index (κ1) is 20.0. The highest BCUT2D eigenvalue weighted by molar-refractivity contribution is 7.15. The molecule has 0 bridgehead atoms. The minimum atomic E-state index is -0.0365. The van der Waals surface area contributed by atoms with Crippen LogP contribution < -0.4 is 15.0 Å². The summed E-state index contributed by atoms with van der Waals surface area (Å²) in [5, 5.41) is 0. The van der Waals surface area contributed by atoms with Crippen LogP contribution in [-0.4, -0.2) is 21.0 Å². The number of hydrogen-bond donors (Lipinski definition) is 0. The molecule has 4 aromatic rings. The molecule has 31 heavy (non-hydrogen) atoms. The number of allylic oxidation sites excluding steroid dienone is 1. The zero-order chi connectivity index (χ0) is 22.1. The summed E-state index contributed by atoms with van der Waals surface area (Å²) in [5.41, 5.74) is 7.74. The van der Waals surface area contributed by atoms with Crippen molar-refractivity contribution in [3.05, 3.63) is 74.1 Å². The third-order valence-corrected chi connectivity index (χ3v) is 7.18. The van der Waals surface area contributed by atoms with E-state index in [9.17, 15) is 4.79 Å². The fraction of sp³-hybridized carbons (Fsp3) is 0.308. The van der Waals surface area contributed by atoms with Crippen molar-refractivity contribution in [3.8, 4) is 0 Å². The Morgan fingerprint density at radius 3 is 2.61 bits per heavy atom. The lowest BCUT2D eigenvalue weighted by molar-refractivity contribution is 0.507. The van der Waals surface area contributed by atoms with Gasteiger partial charge in [0.05, 0.1) is 21.1 Å². The molecule has 1 aliphatic rings. The lowest BCUT2D eigenvalue weighted by atomic mass is 9.86. The molecule has 0 atom stereocenters. The van der Waals surface area contributed by atoms with E-state index >= 15 is 0 Å². The number of hydrogen-bond acceptors (Lipinski definition) is 4. The van der Waals surface area contributed by atoms with E-state index in [1.807, 2.05) is 30.3 Å². The first-order valence-corrected chi connectivity index (χ1v) is 11.5. The fourth-order valence-corrected chi connectivity index (χ4v) is 6.04. The van der Waals surface area contributed by atoms with Crippen molar-refractivity contribution in [1.82, 2.24) is 9.38 Å². The van der Waals surface area contributed by atoms with E-state index in [1.54, 1.807) is 4.40 Å². The van der Waals surface area contributed by atoms with Crippen LogP contribution in [-0.2, 0) is 0 Å². The summed E-state index contributed by atoms with van der Waals surface area (Å²) in [5.74, 6) is 0. The van der Waals surface area contributed by atoms with Gasteiger partial charge in [-0.2, -0.15) is 0 Å². The maximum Gasteiger partial charge on any atom is 0.274 e. The molecule has 3 heterocycles. The van der Waals surface area contributed by atoms with E-state index in [4.69, 9.17) is 0 Å². The number of rotatable bonds is 2. The molecule has 0 saturated heterocycles. The van der Waals surface area contributed by atoms with E-state index in [2.05, 4.69) is 69.6 Å². The highest BCUT2D eigenvalue weighted by atomic mass is 32.1. The van der Waals surface area contributed by atoms with Crippen molar-refractivity contribution in [1.29, 1.82) is 0 Å². The first-order chi connectivity index (χ1) is 14.7. The monoisotopic (exact) mass is 429 g/mol. The second-order valence-electron chi connectivity index (χ2n) is 9.31. The van der Waals surface area contributed by atoms with Crippen LogP contribution in [0.2, 0.25) is 0 Å². The highest BCUT2D eigenvalue weighted by Gasteiger charge is 2.33. The number of nitrogens with zero attached hydrogens (tertiary/aromatic N) is 3. The molecule has 0 N–H and O–H groups in total. The van der Waals surface area contributed by atoms with Crippen LogP contribution in [0.5, 0.6) is 0 Å². The molecule has 0 aliphatic carbocycles. The predicted molar refractivity (Wildman–Crippen MR) is 132 cm³/mol. The molecule has 0 radical (unpaired) electrons. The summed E-state index contributed by atoms with van der Waals surface area (Å²) >= 11 is 1.46. The van der Waals surface area contributed by atoms with E-state index in [0.29, 0.717) is 6.04 Å². The van der Waals surface area contributed by atoms with Crippen molar-refractivity contribution in [2.75, 3.05) is 4.90 Å². The van der Waals surface area contributed by atoms with Crippen molar-refractivity contribution in [3.63, 3.8) is 0 Å². The number of imidazole rings is 1. The summed E-state index contributed by atoms with van der Waals surface area (Å²) in [6.45, 7) is 13.3. The second kappa shape index (κ2) is 6.79. The predicted octanol–water partition coefficient (Wildman–Crippen LogP) is 5.18. The number of thiazole rings is 1. The van der Waals surface area contributed by atoms with E-state index < -0.39 is 0 Å². The maximum atomic E-state index is 13.2. The van der Waals surface area contributed by atoms with Gasteiger partial charge in [-0.25, -0.2) is 9.38 Å². The van der Waals surface area contributed by atoms with Crippen LogP contribution in [0, 0.1) is 6.92 Å². The van der Waals surface area contributed by atoms with Gasteiger partial charge in [0.2, 0.25) is 0 Å². The molecule has 2 aromatic heterocycles. The SMILES string of the molecule is CC1=CC(C)(C)N(C(C)C)c2cc(C)c(/C=c3\sc4nc5ccccc5n4c3=O)cc21. The van der Waals surface area contributed by atoms with Crippen LogP contribution in [0.1, 0.15) is 51.3 Å². The Balaban J connectivity index is 1.71. The highest BCUT2D eigenvalue weighted by Crippen LogP contribution is 2.41. The molecule has 0 amide bonds. The minimum Gasteiger partial charge on any atom is -0.360 e. The average Bonchev–Trinajstić information content (AvgIpc) is 3.18. The number of benzene rings is 2. The summed E-state index contributed by atoms with van der Waals surface area (Å²) < 4.78 is 2.45. The Morgan fingerprint density at radius 1 is 1.13 bits per heavy atom. The van der Waals surface area contributed by atoms with Gasteiger partial charge < -0.3 is 4.90 Å². The first-order valence-electron chi connectivity index (χ1n) is 10.7. The Bertz CT molecular complexity index is 1490. The Kier molecular flexibility index (Phi) is 4.38. The second-order valence-corrected chi connectivity index (χ2v) is 10.3. The van der Waals surface area contributed by atoms with Gasteiger partial charge in [0.15, 0.2) is 4.96 Å². The van der Waals surface area contributed by atoms with Crippen LogP contribution >= 0.6 is 11.3 Å². The average molecular weight is 430 g/mol. The molecule has 1 aliphatic heterocycles. The zero-order valence-electron chi connectivity index (χ0n) is 18.9. The molecule has 5 heteroatoms. The lowest BCUT2D eigenvalue weighted by Gasteiger charge is -2.46. The van der Waals surface area contributed by atoms with Gasteiger partial charge in [-0.3, -0.25) is 4.79 Å². The van der Waals surface area contributed by atoms with Gasteiger partial charge in [0.25, 0.3) is 5.56 Å². The molecule has 0 spiro atoms. The van der Waals surface area contributed by atoms with Gasteiger partial charge in [0.1, 0.15) is 0 Å². The van der Waals surface area contributed by atoms with Crippen LogP contribution in [0.4, 0.5) is 5.69 Å². The molecule has 0 saturated carbocycles. The summed E-state index contributed by atoms with van der Waals surface area (Å²) in [6, 6.07) is 12.7. The number of aromatic nitrogens is 2. The van der Waals surface area contributed by atoms with Gasteiger partial charge >= 0.3 is 0 Å². The molecule has 2 aromatic carbocycles. The van der Waals surface area contributed by atoms with Gasteiger partial charge in [0, 0.05) is 17.3 Å². The maximum absolute atomic E-state index is 13.2. The fourth-order valence-electron chi connectivity index (χ4n) is 5.06. The lowest BCUT2D eigenvalue weighted by Crippen LogP contribution is -2.49. The smallest absolute Gasteiger partial charge is 0.274 e. The van der Waals surface area contributed by atoms with Crippen molar-refractivity contribution in [2.24, 2.45) is 0 Å². The molecule has 0 fully saturated rings. The molecule has 4 nitrogen and oxygen atoms in total. The summed E-state index contributed by atoms with van der Waals surface area (Å²) in [7, 11) is 0. The largest absolute Gasteiger partial charge is 0.360 e. The van der Waals surface area contributed by atoms with Gasteiger partial charge in [-0.05, 0) is 88.6 Å². The minimum absolute atomic E-state index is 0.00280. The Hall–Kier alpha value is -2.92. The van der Waals surface area contributed by atoms with Gasteiger partial charge in [-0.1, -0.05) is 29.5 Å². The number of anilines is 1. The third-order valence-electron chi connectivity index (χ3n) is 6.21. The number of para-hydroxylation sites is 2. The summed E-state index contributed by atoms with van der Waals surface area (Å²) in [6.07, 6.45) is 4.37. The van der Waals surface area contributed by atoms with Gasteiger partial charge in [-0.15, -0.1) is 0 Å². The van der Waals surface area contributed by atoms with Crippen LogP contribution in [0.3, 0.4) is 0 Å². The summed E-state index contributed by atoms with van der Waals surface area (Å²) in [4.78, 5) is 21.0. The quantitative estimate of drug-likeness (QED) is 0.441. The normalized spacial score (nSPS) is 16.4. The molecular formula is C26H27N3OS. The van der Waals surface area contributed by atoms with Crippen molar-refractivity contribution in [2.45, 2.75) is 53.1 Å². The topological polar surface area (TPSA) is 37.6 Å². The van der Waals surface area contributed by atoms with Crippen molar-refractivity contribution >= 4 is 44.7 Å². The molecule has 0 unspecified atom stereocenters. The Morgan fingerprint density at radius 2 is 1.87 bits per heavy atom. The molecule has 5 rings (SSSR count). The standard InChI is InChI=1S/C26H27N3OS/c1-15(2)29-22-11-16(3)18(12-19(22)17(4)14-26(29,5)6)13-23-24(30)28-21-10-8-7-9-20(21)27-25(28)31-23/h7-15H,1-6H3/b23-13-. The Labute approximate surface area is 186 Å².